The Morgan fingerprint density at radius 2 is 1.67 bits per heavy atom. The van der Waals surface area contributed by atoms with E-state index in [1.54, 1.807) is 0 Å². The maximum absolute atomic E-state index is 14.7. The summed E-state index contributed by atoms with van der Waals surface area (Å²) >= 11 is 1.88. The van der Waals surface area contributed by atoms with Crippen LogP contribution in [0, 0.1) is 17.6 Å². The Bertz CT molecular complexity index is 788. The van der Waals surface area contributed by atoms with Crippen LogP contribution < -0.4 is 4.74 Å². The van der Waals surface area contributed by atoms with Crippen molar-refractivity contribution < 1.29 is 31.8 Å². The number of ether oxygens (including phenoxy) is 2. The molecular weight excluding hydrogens is 456 g/mol. The van der Waals surface area contributed by atoms with E-state index in [4.69, 9.17) is 4.74 Å². The zero-order valence-electron chi connectivity index (χ0n) is 19.4. The third-order valence-corrected chi connectivity index (χ3v) is 8.09. The van der Waals surface area contributed by atoms with Gasteiger partial charge in [-0.2, -0.15) is 24.9 Å². The lowest BCUT2D eigenvalue weighted by atomic mass is 9.76. The first-order valence-corrected chi connectivity index (χ1v) is 13.1. The van der Waals surface area contributed by atoms with Crippen LogP contribution in [0.25, 0.3) is 0 Å². The molecule has 0 bridgehead atoms. The molecule has 2 aliphatic rings. The van der Waals surface area contributed by atoms with Crippen molar-refractivity contribution in [1.82, 2.24) is 0 Å². The molecule has 0 aromatic heterocycles. The minimum absolute atomic E-state index is 0.0269. The molecule has 2 saturated carbocycles. The summed E-state index contributed by atoms with van der Waals surface area (Å²) in [7, 11) is 0. The molecule has 0 N–H and O–H groups in total. The van der Waals surface area contributed by atoms with Crippen LogP contribution in [0.15, 0.2) is 12.1 Å². The van der Waals surface area contributed by atoms with E-state index in [2.05, 4.69) is 11.7 Å². The van der Waals surface area contributed by atoms with Crippen LogP contribution in [-0.2, 0) is 9.53 Å². The molecule has 0 unspecified atom stereocenters. The maximum Gasteiger partial charge on any atom is 0.422 e. The Balaban J connectivity index is 1.54. The standard InChI is InChI=1S/C25H34F4O3S/c1-3-21(30)17-7-5-16(6-8-17)20-13-14-22(24(27)23(20)26)32-25(28,29)15-31-18-9-11-19(12-10-18)33-4-2/h13-14,16-19H,3-12,15H2,1-2H3. The van der Waals surface area contributed by atoms with Crippen LogP contribution in [0.5, 0.6) is 5.75 Å². The first-order chi connectivity index (χ1) is 15.7. The number of hydrogen-bond donors (Lipinski definition) is 0. The van der Waals surface area contributed by atoms with Crippen molar-refractivity contribution in [2.24, 2.45) is 5.92 Å². The van der Waals surface area contributed by atoms with Crippen molar-refractivity contribution in [3.63, 3.8) is 0 Å². The summed E-state index contributed by atoms with van der Waals surface area (Å²) in [5.74, 6) is -2.41. The molecule has 0 saturated heterocycles. The van der Waals surface area contributed by atoms with Gasteiger partial charge in [-0.05, 0) is 74.7 Å². The topological polar surface area (TPSA) is 35.5 Å². The molecule has 0 spiro atoms. The molecule has 2 aliphatic carbocycles. The van der Waals surface area contributed by atoms with Crippen LogP contribution in [-0.4, -0.2) is 35.6 Å². The summed E-state index contributed by atoms with van der Waals surface area (Å²) in [6.07, 6.45) is 2.09. The van der Waals surface area contributed by atoms with Crippen molar-refractivity contribution in [3.8, 4) is 5.75 Å². The second-order valence-electron chi connectivity index (χ2n) is 9.05. The zero-order chi connectivity index (χ0) is 24.0. The molecule has 0 atom stereocenters. The van der Waals surface area contributed by atoms with E-state index >= 15 is 0 Å². The number of thioether (sulfide) groups is 1. The third-order valence-electron chi connectivity index (χ3n) is 6.82. The van der Waals surface area contributed by atoms with E-state index in [0.717, 1.165) is 24.7 Å². The van der Waals surface area contributed by atoms with E-state index in [9.17, 15) is 22.4 Å². The lowest BCUT2D eigenvalue weighted by Crippen LogP contribution is -2.35. The van der Waals surface area contributed by atoms with Gasteiger partial charge in [0.25, 0.3) is 0 Å². The van der Waals surface area contributed by atoms with Crippen LogP contribution in [0.4, 0.5) is 17.6 Å². The van der Waals surface area contributed by atoms with Gasteiger partial charge in [0.1, 0.15) is 5.78 Å². The molecule has 8 heteroatoms. The average molecular weight is 491 g/mol. The number of alkyl halides is 2. The smallest absolute Gasteiger partial charge is 0.422 e. The predicted molar refractivity (Wildman–Crippen MR) is 122 cm³/mol. The molecule has 186 valence electrons. The maximum atomic E-state index is 14.7. The number of Topliss-reactive ketones (excluding diaryl/α,β-unsaturated/α-hetero) is 1. The van der Waals surface area contributed by atoms with E-state index < -0.39 is 30.1 Å². The van der Waals surface area contributed by atoms with Gasteiger partial charge in [-0.25, -0.2) is 4.39 Å². The predicted octanol–water partition coefficient (Wildman–Crippen LogP) is 7.27. The Morgan fingerprint density at radius 3 is 2.27 bits per heavy atom. The van der Waals surface area contributed by atoms with Gasteiger partial charge in [-0.1, -0.05) is 19.9 Å². The van der Waals surface area contributed by atoms with Gasteiger partial charge >= 0.3 is 6.11 Å². The molecular formula is C25H34F4O3S. The monoisotopic (exact) mass is 490 g/mol. The molecule has 0 radical (unpaired) electrons. The summed E-state index contributed by atoms with van der Waals surface area (Å²) in [4.78, 5) is 11.9. The fraction of sp³-hybridized carbons (Fsp3) is 0.720. The molecule has 33 heavy (non-hydrogen) atoms. The Labute approximate surface area is 198 Å². The van der Waals surface area contributed by atoms with E-state index in [0.29, 0.717) is 50.2 Å². The molecule has 2 fully saturated rings. The van der Waals surface area contributed by atoms with E-state index in [1.807, 2.05) is 18.7 Å². The highest BCUT2D eigenvalue weighted by molar-refractivity contribution is 7.99. The van der Waals surface area contributed by atoms with Gasteiger partial charge in [0, 0.05) is 17.6 Å². The van der Waals surface area contributed by atoms with Crippen LogP contribution in [0.3, 0.4) is 0 Å². The van der Waals surface area contributed by atoms with E-state index in [1.165, 1.54) is 6.07 Å². The number of benzene rings is 1. The highest BCUT2D eigenvalue weighted by Crippen LogP contribution is 2.40. The Kier molecular flexibility index (Phi) is 9.51. The number of hydrogen-bond acceptors (Lipinski definition) is 4. The normalized spacial score (nSPS) is 26.2. The SMILES string of the molecule is CCSC1CCC(OCC(F)(F)Oc2ccc(C3CCC(C(=O)CC)CC3)c(F)c2F)CC1. The minimum Gasteiger partial charge on any atom is -0.428 e. The number of carbonyl (C=O) groups is 1. The van der Waals surface area contributed by atoms with Gasteiger partial charge in [-0.3, -0.25) is 4.79 Å². The molecule has 0 aliphatic heterocycles. The van der Waals surface area contributed by atoms with E-state index in [-0.39, 0.29) is 29.3 Å². The minimum atomic E-state index is -3.76. The second-order valence-corrected chi connectivity index (χ2v) is 10.6. The van der Waals surface area contributed by atoms with Crippen molar-refractivity contribution in [2.45, 2.75) is 95.0 Å². The molecule has 1 aromatic rings. The number of ketones is 1. The zero-order valence-corrected chi connectivity index (χ0v) is 20.2. The van der Waals surface area contributed by atoms with Gasteiger partial charge in [-0.15, -0.1) is 0 Å². The quantitative estimate of drug-likeness (QED) is 0.323. The lowest BCUT2D eigenvalue weighted by Gasteiger charge is -2.29. The highest BCUT2D eigenvalue weighted by Gasteiger charge is 2.36. The van der Waals surface area contributed by atoms with Crippen molar-refractivity contribution >= 4 is 17.5 Å². The van der Waals surface area contributed by atoms with Crippen molar-refractivity contribution in [2.75, 3.05) is 12.4 Å². The molecule has 0 amide bonds. The highest BCUT2D eigenvalue weighted by atomic mass is 32.2. The van der Waals surface area contributed by atoms with Crippen LogP contribution in [0.2, 0.25) is 0 Å². The van der Waals surface area contributed by atoms with Crippen LogP contribution in [0.1, 0.15) is 83.1 Å². The number of rotatable bonds is 10. The second kappa shape index (κ2) is 11.9. The summed E-state index contributed by atoms with van der Waals surface area (Å²) in [5, 5.41) is 0.546. The van der Waals surface area contributed by atoms with Gasteiger partial charge < -0.3 is 9.47 Å². The molecule has 3 rings (SSSR count). The Morgan fingerprint density at radius 1 is 1.00 bits per heavy atom. The number of carbonyl (C=O) groups excluding carboxylic acids is 1. The molecule has 0 heterocycles. The van der Waals surface area contributed by atoms with Crippen molar-refractivity contribution in [3.05, 3.63) is 29.3 Å². The summed E-state index contributed by atoms with van der Waals surface area (Å²) < 4.78 is 67.8. The number of halogens is 4. The molecule has 1 aromatic carbocycles. The van der Waals surface area contributed by atoms with Gasteiger partial charge in [0.05, 0.1) is 6.10 Å². The largest absolute Gasteiger partial charge is 0.428 e. The van der Waals surface area contributed by atoms with Crippen molar-refractivity contribution in [1.29, 1.82) is 0 Å². The lowest BCUT2D eigenvalue weighted by molar-refractivity contribution is -0.223. The van der Waals surface area contributed by atoms with Gasteiger partial charge in [0.15, 0.2) is 18.2 Å². The first-order valence-electron chi connectivity index (χ1n) is 12.0. The molecule has 3 nitrogen and oxygen atoms in total. The summed E-state index contributed by atoms with van der Waals surface area (Å²) in [6.45, 7) is 2.92. The fourth-order valence-corrected chi connectivity index (χ4v) is 6.04. The van der Waals surface area contributed by atoms with Gasteiger partial charge in [0.2, 0.25) is 5.82 Å². The third kappa shape index (κ3) is 7.10. The Hall–Kier alpha value is -1.28. The van der Waals surface area contributed by atoms with Crippen LogP contribution >= 0.6 is 11.8 Å². The fourth-order valence-electron chi connectivity index (χ4n) is 4.96. The summed E-state index contributed by atoms with van der Waals surface area (Å²) in [6, 6.07) is 2.39. The summed E-state index contributed by atoms with van der Waals surface area (Å²) in [5.41, 5.74) is 0.156. The first kappa shape index (κ1) is 26.3. The average Bonchev–Trinajstić information content (AvgIpc) is 2.81.